The Morgan fingerprint density at radius 3 is 2.57 bits per heavy atom. The third-order valence-corrected chi connectivity index (χ3v) is 3.98. The number of H-pyrrole nitrogens is 1. The molecule has 128 valence electrons. The minimum Gasteiger partial charge on any atom is -0.357 e. The van der Waals surface area contributed by atoms with Gasteiger partial charge in [0.25, 0.3) is 5.91 Å². The van der Waals surface area contributed by atoms with Gasteiger partial charge in [-0.25, -0.2) is 0 Å². The van der Waals surface area contributed by atoms with E-state index in [1.54, 1.807) is 12.3 Å². The van der Waals surface area contributed by atoms with Crippen LogP contribution in [0, 0.1) is 5.92 Å². The zero-order chi connectivity index (χ0) is 16.9. The van der Waals surface area contributed by atoms with E-state index in [2.05, 4.69) is 20.5 Å². The summed E-state index contributed by atoms with van der Waals surface area (Å²) in [6, 6.07) is 3.59. The Balaban J connectivity index is 1.66. The molecular formula is C17H28N4O2. The average Bonchev–Trinajstić information content (AvgIpc) is 2.98. The number of carbonyl (C=O) groups excluding carboxylic acids is 2. The van der Waals surface area contributed by atoms with Crippen molar-refractivity contribution < 1.29 is 9.59 Å². The quantitative estimate of drug-likeness (QED) is 0.767. The largest absolute Gasteiger partial charge is 0.357 e. The molecule has 1 aliphatic rings. The van der Waals surface area contributed by atoms with Crippen molar-refractivity contribution in [2.45, 2.75) is 39.2 Å². The van der Waals surface area contributed by atoms with Crippen LogP contribution in [0.3, 0.4) is 0 Å². The van der Waals surface area contributed by atoms with Crippen LogP contribution in [0.15, 0.2) is 18.3 Å². The molecule has 1 fully saturated rings. The molecule has 1 saturated heterocycles. The lowest BCUT2D eigenvalue weighted by molar-refractivity contribution is -0.124. The second-order valence-corrected chi connectivity index (χ2v) is 7.31. The van der Waals surface area contributed by atoms with Crippen LogP contribution in [-0.2, 0) is 4.79 Å². The molecule has 0 aromatic carbocycles. The van der Waals surface area contributed by atoms with Crippen LogP contribution in [0.25, 0.3) is 0 Å². The van der Waals surface area contributed by atoms with Gasteiger partial charge < -0.3 is 15.6 Å². The van der Waals surface area contributed by atoms with E-state index in [1.165, 1.54) is 0 Å². The van der Waals surface area contributed by atoms with E-state index in [0.29, 0.717) is 24.7 Å². The van der Waals surface area contributed by atoms with Gasteiger partial charge in [-0.15, -0.1) is 0 Å². The Morgan fingerprint density at radius 1 is 1.30 bits per heavy atom. The van der Waals surface area contributed by atoms with Crippen LogP contribution in [0.1, 0.15) is 44.1 Å². The number of hydrogen-bond donors (Lipinski definition) is 3. The molecule has 2 rings (SSSR count). The van der Waals surface area contributed by atoms with Crippen LogP contribution >= 0.6 is 0 Å². The molecular weight excluding hydrogens is 292 g/mol. The summed E-state index contributed by atoms with van der Waals surface area (Å²) in [6.45, 7) is 8.93. The van der Waals surface area contributed by atoms with E-state index < -0.39 is 0 Å². The van der Waals surface area contributed by atoms with Gasteiger partial charge in [-0.1, -0.05) is 0 Å². The predicted octanol–water partition coefficient (Wildman–Crippen LogP) is 1.37. The molecule has 2 amide bonds. The predicted molar refractivity (Wildman–Crippen MR) is 90.2 cm³/mol. The minimum absolute atomic E-state index is 0.0537. The zero-order valence-corrected chi connectivity index (χ0v) is 14.3. The number of amides is 2. The smallest absolute Gasteiger partial charge is 0.267 e. The molecule has 0 saturated carbocycles. The molecule has 1 aliphatic heterocycles. The number of rotatable bonds is 5. The fourth-order valence-electron chi connectivity index (χ4n) is 2.81. The Bertz CT molecular complexity index is 511. The second-order valence-electron chi connectivity index (χ2n) is 7.31. The van der Waals surface area contributed by atoms with Gasteiger partial charge in [0.2, 0.25) is 5.91 Å². The lowest BCUT2D eigenvalue weighted by atomic mass is 9.96. The van der Waals surface area contributed by atoms with Crippen LogP contribution in [0.2, 0.25) is 0 Å². The molecule has 0 unspecified atom stereocenters. The Morgan fingerprint density at radius 2 is 2.00 bits per heavy atom. The minimum atomic E-state index is -0.183. The van der Waals surface area contributed by atoms with Gasteiger partial charge in [0.05, 0.1) is 6.54 Å². The monoisotopic (exact) mass is 320 g/mol. The highest BCUT2D eigenvalue weighted by molar-refractivity contribution is 5.92. The molecule has 0 spiro atoms. The van der Waals surface area contributed by atoms with Crippen molar-refractivity contribution >= 4 is 11.8 Å². The first kappa shape index (κ1) is 17.5. The van der Waals surface area contributed by atoms with Crippen LogP contribution in [0.5, 0.6) is 0 Å². The van der Waals surface area contributed by atoms with Crippen molar-refractivity contribution in [3.8, 4) is 0 Å². The van der Waals surface area contributed by atoms with Crippen molar-refractivity contribution in [3.63, 3.8) is 0 Å². The number of nitrogens with zero attached hydrogens (tertiary/aromatic N) is 1. The highest BCUT2D eigenvalue weighted by Crippen LogP contribution is 2.16. The van der Waals surface area contributed by atoms with E-state index in [0.717, 1.165) is 25.9 Å². The molecule has 0 radical (unpaired) electrons. The summed E-state index contributed by atoms with van der Waals surface area (Å²) in [5.41, 5.74) is 0.415. The van der Waals surface area contributed by atoms with Gasteiger partial charge in [0.1, 0.15) is 5.69 Å². The van der Waals surface area contributed by atoms with E-state index in [9.17, 15) is 9.59 Å². The molecule has 0 atom stereocenters. The van der Waals surface area contributed by atoms with Crippen molar-refractivity contribution in [3.05, 3.63) is 24.0 Å². The van der Waals surface area contributed by atoms with Crippen LogP contribution in [0.4, 0.5) is 0 Å². The normalized spacial score (nSPS) is 17.0. The molecule has 1 aromatic rings. The number of hydrogen-bond acceptors (Lipinski definition) is 3. The van der Waals surface area contributed by atoms with Crippen molar-refractivity contribution in [2.24, 2.45) is 5.92 Å². The molecule has 3 N–H and O–H groups in total. The average molecular weight is 320 g/mol. The maximum Gasteiger partial charge on any atom is 0.267 e. The fourth-order valence-corrected chi connectivity index (χ4v) is 2.81. The summed E-state index contributed by atoms with van der Waals surface area (Å²) in [7, 11) is 0. The second kappa shape index (κ2) is 7.64. The summed E-state index contributed by atoms with van der Waals surface area (Å²) in [5.74, 6) is 0.508. The van der Waals surface area contributed by atoms with E-state index >= 15 is 0 Å². The maximum atomic E-state index is 11.9. The molecule has 6 nitrogen and oxygen atoms in total. The van der Waals surface area contributed by atoms with E-state index in [1.807, 2.05) is 26.8 Å². The Kier molecular flexibility index (Phi) is 5.82. The standard InChI is InChI=1S/C17H28N4O2/c1-17(2,3)20-15(22)12-21-9-6-13(7-10-21)11-19-16(23)14-5-4-8-18-14/h4-5,8,13,18H,6-7,9-12H2,1-3H3,(H,19,23)(H,20,22). The van der Waals surface area contributed by atoms with Gasteiger partial charge >= 0.3 is 0 Å². The van der Waals surface area contributed by atoms with Crippen molar-refractivity contribution in [1.82, 2.24) is 20.5 Å². The van der Waals surface area contributed by atoms with Gasteiger partial charge in [0.15, 0.2) is 0 Å². The molecule has 0 bridgehead atoms. The molecule has 2 heterocycles. The molecule has 23 heavy (non-hydrogen) atoms. The summed E-state index contributed by atoms with van der Waals surface area (Å²) in [6.07, 6.45) is 3.76. The SMILES string of the molecule is CC(C)(C)NC(=O)CN1CCC(CNC(=O)c2ccc[nH]2)CC1. The van der Waals surface area contributed by atoms with Crippen molar-refractivity contribution in [2.75, 3.05) is 26.2 Å². The zero-order valence-electron chi connectivity index (χ0n) is 14.3. The highest BCUT2D eigenvalue weighted by Gasteiger charge is 2.22. The number of carbonyl (C=O) groups is 2. The van der Waals surface area contributed by atoms with E-state index in [-0.39, 0.29) is 17.4 Å². The summed E-state index contributed by atoms with van der Waals surface area (Å²) < 4.78 is 0. The lowest BCUT2D eigenvalue weighted by Gasteiger charge is -2.32. The molecule has 0 aliphatic carbocycles. The first-order valence-electron chi connectivity index (χ1n) is 8.28. The van der Waals surface area contributed by atoms with Crippen molar-refractivity contribution in [1.29, 1.82) is 0 Å². The Hall–Kier alpha value is -1.82. The van der Waals surface area contributed by atoms with Crippen LogP contribution < -0.4 is 10.6 Å². The van der Waals surface area contributed by atoms with Gasteiger partial charge in [-0.3, -0.25) is 14.5 Å². The topological polar surface area (TPSA) is 77.2 Å². The maximum absolute atomic E-state index is 11.9. The van der Waals surface area contributed by atoms with Gasteiger partial charge in [-0.05, 0) is 64.8 Å². The summed E-state index contributed by atoms with van der Waals surface area (Å²) in [5, 5.41) is 5.97. The Labute approximate surface area is 138 Å². The molecule has 1 aromatic heterocycles. The highest BCUT2D eigenvalue weighted by atomic mass is 16.2. The lowest BCUT2D eigenvalue weighted by Crippen LogP contribution is -2.48. The summed E-state index contributed by atoms with van der Waals surface area (Å²) >= 11 is 0. The third-order valence-electron chi connectivity index (χ3n) is 3.98. The third kappa shape index (κ3) is 6.06. The number of aromatic nitrogens is 1. The number of likely N-dealkylation sites (tertiary alicyclic amines) is 1. The first-order valence-corrected chi connectivity index (χ1v) is 8.28. The van der Waals surface area contributed by atoms with Crippen LogP contribution in [-0.4, -0.2) is 53.4 Å². The van der Waals surface area contributed by atoms with Gasteiger partial charge in [-0.2, -0.15) is 0 Å². The van der Waals surface area contributed by atoms with E-state index in [4.69, 9.17) is 0 Å². The number of aromatic amines is 1. The molecule has 6 heteroatoms. The first-order chi connectivity index (χ1) is 10.8. The fraction of sp³-hybridized carbons (Fsp3) is 0.647. The van der Waals surface area contributed by atoms with Gasteiger partial charge in [0, 0.05) is 18.3 Å². The number of piperidine rings is 1. The summed E-state index contributed by atoms with van der Waals surface area (Å²) in [4.78, 5) is 28.9. The number of nitrogens with one attached hydrogen (secondary N) is 3.